The van der Waals surface area contributed by atoms with Gasteiger partial charge in [0.1, 0.15) is 0 Å². The van der Waals surface area contributed by atoms with Crippen LogP contribution in [0.3, 0.4) is 0 Å². The van der Waals surface area contributed by atoms with Gasteiger partial charge in [0.25, 0.3) is 0 Å². The maximum atomic E-state index is 12.8. The third kappa shape index (κ3) is 2.73. The van der Waals surface area contributed by atoms with Gasteiger partial charge in [0.15, 0.2) is 0 Å². The SMILES string of the molecule is CC(C(=O)O)c1c(C(=O)c2ccccc2)[nH]c2cc(Cl)ccc12. The fourth-order valence-corrected chi connectivity index (χ4v) is 2.85. The Labute approximate surface area is 137 Å². The molecule has 1 heterocycles. The molecular formula is C18H14ClNO3. The van der Waals surface area contributed by atoms with Gasteiger partial charge in [-0.1, -0.05) is 48.0 Å². The number of carbonyl (C=O) groups is 2. The van der Waals surface area contributed by atoms with Gasteiger partial charge in [-0.3, -0.25) is 9.59 Å². The van der Waals surface area contributed by atoms with Crippen molar-refractivity contribution in [2.45, 2.75) is 12.8 Å². The maximum Gasteiger partial charge on any atom is 0.310 e. The number of hydrogen-bond acceptors (Lipinski definition) is 2. The van der Waals surface area contributed by atoms with E-state index in [2.05, 4.69) is 4.98 Å². The van der Waals surface area contributed by atoms with Crippen LogP contribution in [0.4, 0.5) is 0 Å². The van der Waals surface area contributed by atoms with Gasteiger partial charge >= 0.3 is 5.97 Å². The summed E-state index contributed by atoms with van der Waals surface area (Å²) in [5, 5.41) is 10.6. The summed E-state index contributed by atoms with van der Waals surface area (Å²) in [5.74, 6) is -2.03. The zero-order chi connectivity index (χ0) is 16.6. The third-order valence-electron chi connectivity index (χ3n) is 3.87. The Morgan fingerprint density at radius 3 is 2.48 bits per heavy atom. The number of carboxylic acid groups (broad SMARTS) is 1. The van der Waals surface area contributed by atoms with Crippen molar-refractivity contribution in [3.8, 4) is 0 Å². The molecule has 3 rings (SSSR count). The second-order valence-corrected chi connectivity index (χ2v) is 5.80. The smallest absolute Gasteiger partial charge is 0.310 e. The Morgan fingerprint density at radius 1 is 1.13 bits per heavy atom. The molecule has 1 aromatic heterocycles. The van der Waals surface area contributed by atoms with Crippen LogP contribution in [0.25, 0.3) is 10.9 Å². The first-order chi connectivity index (χ1) is 11.0. The van der Waals surface area contributed by atoms with Crippen molar-refractivity contribution in [2.75, 3.05) is 0 Å². The van der Waals surface area contributed by atoms with Gasteiger partial charge in [0.2, 0.25) is 5.78 Å². The van der Waals surface area contributed by atoms with Crippen molar-refractivity contribution in [1.29, 1.82) is 0 Å². The van der Waals surface area contributed by atoms with E-state index < -0.39 is 11.9 Å². The molecule has 2 N–H and O–H groups in total. The molecule has 116 valence electrons. The molecule has 0 aliphatic heterocycles. The fourth-order valence-electron chi connectivity index (χ4n) is 2.68. The van der Waals surface area contributed by atoms with E-state index in [4.69, 9.17) is 11.6 Å². The molecule has 0 spiro atoms. The normalized spacial score (nSPS) is 12.3. The van der Waals surface area contributed by atoms with Crippen LogP contribution in [0, 0.1) is 0 Å². The van der Waals surface area contributed by atoms with Gasteiger partial charge in [-0.05, 0) is 19.1 Å². The molecule has 0 saturated carbocycles. The number of carbonyl (C=O) groups excluding carboxylic acids is 1. The van der Waals surface area contributed by atoms with Gasteiger partial charge in [0.05, 0.1) is 11.6 Å². The largest absolute Gasteiger partial charge is 0.481 e. The number of rotatable bonds is 4. The van der Waals surface area contributed by atoms with Crippen molar-refractivity contribution in [2.24, 2.45) is 0 Å². The third-order valence-corrected chi connectivity index (χ3v) is 4.10. The predicted molar refractivity (Wildman–Crippen MR) is 89.2 cm³/mol. The van der Waals surface area contributed by atoms with Crippen LogP contribution in [-0.4, -0.2) is 21.8 Å². The molecule has 0 bridgehead atoms. The van der Waals surface area contributed by atoms with Crippen LogP contribution in [0.15, 0.2) is 48.5 Å². The lowest BCUT2D eigenvalue weighted by Crippen LogP contribution is -2.12. The van der Waals surface area contributed by atoms with Crippen molar-refractivity contribution in [1.82, 2.24) is 4.98 Å². The van der Waals surface area contributed by atoms with E-state index in [1.54, 1.807) is 49.4 Å². The van der Waals surface area contributed by atoms with E-state index in [1.807, 2.05) is 6.07 Å². The molecule has 0 amide bonds. The predicted octanol–water partition coefficient (Wildman–Crippen LogP) is 4.24. The highest BCUT2D eigenvalue weighted by molar-refractivity contribution is 6.31. The highest BCUT2D eigenvalue weighted by Gasteiger charge is 2.26. The van der Waals surface area contributed by atoms with Crippen LogP contribution in [0.2, 0.25) is 5.02 Å². The topological polar surface area (TPSA) is 70.2 Å². The molecule has 2 aromatic carbocycles. The lowest BCUT2D eigenvalue weighted by Gasteiger charge is -2.08. The van der Waals surface area contributed by atoms with E-state index in [9.17, 15) is 14.7 Å². The number of halogens is 1. The standard InChI is InChI=1S/C18H14ClNO3/c1-10(18(22)23)15-13-8-7-12(19)9-14(13)20-16(15)17(21)11-5-3-2-4-6-11/h2-10,20H,1H3,(H,22,23). The molecule has 1 unspecified atom stereocenters. The molecule has 4 nitrogen and oxygen atoms in total. The molecule has 1 atom stereocenters. The summed E-state index contributed by atoms with van der Waals surface area (Å²) >= 11 is 6.00. The van der Waals surface area contributed by atoms with E-state index in [1.165, 1.54) is 0 Å². The van der Waals surface area contributed by atoms with Crippen molar-refractivity contribution >= 4 is 34.3 Å². The number of benzene rings is 2. The van der Waals surface area contributed by atoms with Crippen LogP contribution in [-0.2, 0) is 4.79 Å². The summed E-state index contributed by atoms with van der Waals surface area (Å²) in [6, 6.07) is 13.9. The maximum absolute atomic E-state index is 12.8. The number of fused-ring (bicyclic) bond motifs is 1. The summed E-state index contributed by atoms with van der Waals surface area (Å²) in [5.41, 5.74) is 1.94. The number of aromatic nitrogens is 1. The monoisotopic (exact) mass is 327 g/mol. The molecule has 0 saturated heterocycles. The average Bonchev–Trinajstić information content (AvgIpc) is 2.92. The van der Waals surface area contributed by atoms with E-state index >= 15 is 0 Å². The number of hydrogen-bond donors (Lipinski definition) is 2. The average molecular weight is 328 g/mol. The minimum Gasteiger partial charge on any atom is -0.481 e. The molecule has 0 radical (unpaired) electrons. The van der Waals surface area contributed by atoms with Gasteiger partial charge in [0, 0.05) is 27.1 Å². The van der Waals surface area contributed by atoms with Crippen molar-refractivity contribution in [3.63, 3.8) is 0 Å². The minimum absolute atomic E-state index is 0.235. The van der Waals surface area contributed by atoms with Gasteiger partial charge < -0.3 is 10.1 Å². The highest BCUT2D eigenvalue weighted by atomic mass is 35.5. The minimum atomic E-state index is -0.983. The summed E-state index contributed by atoms with van der Waals surface area (Å²) in [4.78, 5) is 27.3. The van der Waals surface area contributed by atoms with E-state index in [0.29, 0.717) is 32.7 Å². The lowest BCUT2D eigenvalue weighted by molar-refractivity contribution is -0.138. The quantitative estimate of drug-likeness (QED) is 0.704. The van der Waals surface area contributed by atoms with Gasteiger partial charge in [-0.15, -0.1) is 0 Å². The Kier molecular flexibility index (Phi) is 3.92. The zero-order valence-electron chi connectivity index (χ0n) is 12.3. The highest BCUT2D eigenvalue weighted by Crippen LogP contribution is 2.32. The number of H-pyrrole nitrogens is 1. The van der Waals surface area contributed by atoms with Gasteiger partial charge in [-0.2, -0.15) is 0 Å². The van der Waals surface area contributed by atoms with Crippen LogP contribution in [0.1, 0.15) is 34.5 Å². The van der Waals surface area contributed by atoms with Crippen LogP contribution in [0.5, 0.6) is 0 Å². The van der Waals surface area contributed by atoms with Gasteiger partial charge in [-0.25, -0.2) is 0 Å². The summed E-state index contributed by atoms with van der Waals surface area (Å²) in [6.07, 6.45) is 0. The number of ketones is 1. The Bertz CT molecular complexity index is 899. The number of aliphatic carboxylic acids is 1. The molecular weight excluding hydrogens is 314 g/mol. The Morgan fingerprint density at radius 2 is 1.83 bits per heavy atom. The van der Waals surface area contributed by atoms with Crippen molar-refractivity contribution in [3.05, 3.63) is 70.4 Å². The van der Waals surface area contributed by atoms with E-state index in [-0.39, 0.29) is 5.78 Å². The first-order valence-electron chi connectivity index (χ1n) is 7.12. The first kappa shape index (κ1) is 15.3. The second-order valence-electron chi connectivity index (χ2n) is 5.36. The molecule has 0 fully saturated rings. The first-order valence-corrected chi connectivity index (χ1v) is 7.50. The Hall–Kier alpha value is -2.59. The van der Waals surface area contributed by atoms with E-state index in [0.717, 1.165) is 0 Å². The lowest BCUT2D eigenvalue weighted by atomic mass is 9.94. The molecule has 0 aliphatic carbocycles. The zero-order valence-corrected chi connectivity index (χ0v) is 13.1. The second kappa shape index (κ2) is 5.89. The number of nitrogens with one attached hydrogen (secondary N) is 1. The molecule has 0 aliphatic rings. The summed E-state index contributed by atoms with van der Waals surface area (Å²) in [6.45, 7) is 1.57. The fraction of sp³-hybridized carbons (Fsp3) is 0.111. The molecule has 5 heteroatoms. The summed E-state index contributed by atoms with van der Waals surface area (Å²) in [7, 11) is 0. The molecule has 23 heavy (non-hydrogen) atoms. The van der Waals surface area contributed by atoms with Crippen LogP contribution >= 0.6 is 11.6 Å². The Balaban J connectivity index is 2.25. The number of aromatic amines is 1. The molecule has 3 aromatic rings. The van der Waals surface area contributed by atoms with Crippen LogP contribution < -0.4 is 0 Å². The van der Waals surface area contributed by atoms with Crippen molar-refractivity contribution < 1.29 is 14.7 Å². The summed E-state index contributed by atoms with van der Waals surface area (Å²) < 4.78 is 0. The number of carboxylic acids is 1.